The monoisotopic (exact) mass is 262 g/mol. The molecular formula is C13H14N2O2S. The third kappa shape index (κ3) is 3.07. The van der Waals surface area contributed by atoms with Crippen molar-refractivity contribution in [3.05, 3.63) is 46.4 Å². The quantitative estimate of drug-likeness (QED) is 0.813. The van der Waals surface area contributed by atoms with E-state index in [-0.39, 0.29) is 17.7 Å². The summed E-state index contributed by atoms with van der Waals surface area (Å²) in [6, 6.07) is 6.92. The van der Waals surface area contributed by atoms with Crippen molar-refractivity contribution in [2.24, 2.45) is 0 Å². The Labute approximate surface area is 109 Å². The molecule has 0 saturated carbocycles. The molecular weight excluding hydrogens is 248 g/mol. The van der Waals surface area contributed by atoms with Crippen LogP contribution in [-0.4, -0.2) is 22.7 Å². The second-order valence-electron chi connectivity index (χ2n) is 4.06. The van der Waals surface area contributed by atoms with Gasteiger partial charge in [-0.1, -0.05) is 6.07 Å². The number of rotatable bonds is 5. The molecule has 4 nitrogen and oxygen atoms in total. The highest BCUT2D eigenvalue weighted by Gasteiger charge is 2.15. The minimum Gasteiger partial charge on any atom is -0.357 e. The van der Waals surface area contributed by atoms with Gasteiger partial charge in [-0.15, -0.1) is 11.3 Å². The highest BCUT2D eigenvalue weighted by atomic mass is 32.1. The maximum absolute atomic E-state index is 11.8. The number of ketones is 1. The van der Waals surface area contributed by atoms with Crippen LogP contribution in [0.25, 0.3) is 0 Å². The molecule has 18 heavy (non-hydrogen) atoms. The number of H-pyrrole nitrogens is 1. The first-order valence-corrected chi connectivity index (χ1v) is 6.55. The van der Waals surface area contributed by atoms with Crippen molar-refractivity contribution in [3.8, 4) is 0 Å². The van der Waals surface area contributed by atoms with Gasteiger partial charge >= 0.3 is 0 Å². The molecule has 0 spiro atoms. The first-order valence-electron chi connectivity index (χ1n) is 5.68. The number of amides is 1. The molecule has 0 bridgehead atoms. The predicted octanol–water partition coefficient (Wildman–Crippen LogP) is 2.47. The Bertz CT molecular complexity index is 469. The van der Waals surface area contributed by atoms with E-state index in [0.29, 0.717) is 12.1 Å². The summed E-state index contributed by atoms with van der Waals surface area (Å²) in [5, 5.41) is 4.66. The summed E-state index contributed by atoms with van der Waals surface area (Å²) < 4.78 is 0. The molecule has 2 N–H and O–H groups in total. The molecule has 94 valence electrons. The third-order valence-corrected chi connectivity index (χ3v) is 3.42. The number of nitrogens with one attached hydrogen (secondary N) is 2. The fraction of sp³-hybridized carbons (Fsp3) is 0.231. The van der Waals surface area contributed by atoms with Gasteiger partial charge in [-0.3, -0.25) is 9.59 Å². The summed E-state index contributed by atoms with van der Waals surface area (Å²) in [7, 11) is 0. The van der Waals surface area contributed by atoms with Crippen LogP contribution in [0.5, 0.6) is 0 Å². The van der Waals surface area contributed by atoms with E-state index in [1.807, 2.05) is 18.4 Å². The zero-order chi connectivity index (χ0) is 13.0. The second kappa shape index (κ2) is 5.64. The summed E-state index contributed by atoms with van der Waals surface area (Å²) in [6.45, 7) is 1.83. The summed E-state index contributed by atoms with van der Waals surface area (Å²) in [4.78, 5) is 27.1. The van der Waals surface area contributed by atoms with Crippen LogP contribution >= 0.6 is 11.3 Å². The van der Waals surface area contributed by atoms with Crippen LogP contribution < -0.4 is 5.32 Å². The number of hydrogen-bond donors (Lipinski definition) is 2. The zero-order valence-corrected chi connectivity index (χ0v) is 10.8. The highest BCUT2D eigenvalue weighted by Crippen LogP contribution is 2.12. The number of carbonyl (C=O) groups excluding carboxylic acids is 2. The van der Waals surface area contributed by atoms with Gasteiger partial charge in [0.2, 0.25) is 0 Å². The van der Waals surface area contributed by atoms with Crippen LogP contribution in [0.15, 0.2) is 35.8 Å². The summed E-state index contributed by atoms with van der Waals surface area (Å²) in [6.07, 6.45) is 2.00. The number of aromatic amines is 1. The van der Waals surface area contributed by atoms with E-state index in [1.165, 1.54) is 11.3 Å². The van der Waals surface area contributed by atoms with E-state index in [2.05, 4.69) is 10.3 Å². The van der Waals surface area contributed by atoms with Crippen molar-refractivity contribution in [1.82, 2.24) is 10.3 Å². The van der Waals surface area contributed by atoms with Gasteiger partial charge in [0.05, 0.1) is 4.88 Å². The molecule has 0 unspecified atom stereocenters. The van der Waals surface area contributed by atoms with Crippen LogP contribution in [0.2, 0.25) is 0 Å². The average molecular weight is 262 g/mol. The van der Waals surface area contributed by atoms with Gasteiger partial charge in [-0.25, -0.2) is 0 Å². The normalized spacial score (nSPS) is 12.1. The average Bonchev–Trinajstić information content (AvgIpc) is 3.02. The van der Waals surface area contributed by atoms with Crippen LogP contribution in [-0.2, 0) is 0 Å². The van der Waals surface area contributed by atoms with Crippen molar-refractivity contribution < 1.29 is 9.59 Å². The predicted molar refractivity (Wildman–Crippen MR) is 71.0 cm³/mol. The maximum Gasteiger partial charge on any atom is 0.267 e. The molecule has 1 atom stereocenters. The van der Waals surface area contributed by atoms with Gasteiger partial charge < -0.3 is 10.3 Å². The fourth-order valence-corrected chi connectivity index (χ4v) is 2.32. The SMILES string of the molecule is C[C@H](CC(=O)c1cccs1)NC(=O)c1ccc[nH]1. The lowest BCUT2D eigenvalue weighted by Crippen LogP contribution is -2.34. The summed E-state index contributed by atoms with van der Waals surface area (Å²) in [5.41, 5.74) is 0.505. The molecule has 0 aliphatic heterocycles. The van der Waals surface area contributed by atoms with Gasteiger partial charge in [0, 0.05) is 18.7 Å². The Morgan fingerprint density at radius 2 is 2.22 bits per heavy atom. The van der Waals surface area contributed by atoms with Crippen molar-refractivity contribution in [2.75, 3.05) is 0 Å². The number of aromatic nitrogens is 1. The number of Topliss-reactive ketones (excluding diaryl/α,β-unsaturated/α-hetero) is 1. The fourth-order valence-electron chi connectivity index (χ4n) is 1.64. The molecule has 0 radical (unpaired) electrons. The van der Waals surface area contributed by atoms with Crippen molar-refractivity contribution in [1.29, 1.82) is 0 Å². The molecule has 0 fully saturated rings. The Kier molecular flexibility index (Phi) is 3.94. The van der Waals surface area contributed by atoms with E-state index < -0.39 is 0 Å². The maximum atomic E-state index is 11.8. The molecule has 0 aliphatic carbocycles. The minimum absolute atomic E-state index is 0.0595. The number of hydrogen-bond acceptors (Lipinski definition) is 3. The van der Waals surface area contributed by atoms with Crippen LogP contribution in [0.3, 0.4) is 0 Å². The lowest BCUT2D eigenvalue weighted by molar-refractivity contribution is 0.0916. The molecule has 5 heteroatoms. The first-order chi connectivity index (χ1) is 8.66. The molecule has 0 aliphatic rings. The van der Waals surface area contributed by atoms with Crippen LogP contribution in [0, 0.1) is 0 Å². The molecule has 0 aromatic carbocycles. The lowest BCUT2D eigenvalue weighted by atomic mass is 10.1. The summed E-state index contributed by atoms with van der Waals surface area (Å²) in [5.74, 6) is -0.129. The Balaban J connectivity index is 1.87. The largest absolute Gasteiger partial charge is 0.357 e. The minimum atomic E-state index is -0.188. The zero-order valence-electron chi connectivity index (χ0n) is 9.97. The Morgan fingerprint density at radius 3 is 2.83 bits per heavy atom. The topological polar surface area (TPSA) is 62.0 Å². The van der Waals surface area contributed by atoms with Crippen molar-refractivity contribution in [2.45, 2.75) is 19.4 Å². The van der Waals surface area contributed by atoms with Crippen molar-refractivity contribution in [3.63, 3.8) is 0 Å². The second-order valence-corrected chi connectivity index (χ2v) is 5.01. The highest BCUT2D eigenvalue weighted by molar-refractivity contribution is 7.12. The van der Waals surface area contributed by atoms with E-state index in [4.69, 9.17) is 0 Å². The van der Waals surface area contributed by atoms with Gasteiger partial charge in [-0.2, -0.15) is 0 Å². The molecule has 2 rings (SSSR count). The lowest BCUT2D eigenvalue weighted by Gasteiger charge is -2.11. The third-order valence-electron chi connectivity index (χ3n) is 2.51. The summed E-state index contributed by atoms with van der Waals surface area (Å²) >= 11 is 1.42. The van der Waals surface area contributed by atoms with Gasteiger partial charge in [0.1, 0.15) is 5.69 Å². The van der Waals surface area contributed by atoms with Gasteiger partial charge in [-0.05, 0) is 30.5 Å². The molecule has 2 aromatic heterocycles. The van der Waals surface area contributed by atoms with Crippen molar-refractivity contribution >= 4 is 23.0 Å². The van der Waals surface area contributed by atoms with Gasteiger partial charge in [0.15, 0.2) is 5.78 Å². The first kappa shape index (κ1) is 12.6. The van der Waals surface area contributed by atoms with Crippen LogP contribution in [0.4, 0.5) is 0 Å². The van der Waals surface area contributed by atoms with E-state index in [1.54, 1.807) is 24.4 Å². The Morgan fingerprint density at radius 1 is 1.39 bits per heavy atom. The van der Waals surface area contributed by atoms with Gasteiger partial charge in [0.25, 0.3) is 5.91 Å². The molecule has 2 aromatic rings. The smallest absolute Gasteiger partial charge is 0.267 e. The number of thiophene rings is 1. The Hall–Kier alpha value is -1.88. The molecule has 1 amide bonds. The standard InChI is InChI=1S/C13H14N2O2S/c1-9(8-11(16)12-5-3-7-18-12)15-13(17)10-4-2-6-14-10/h2-7,9,14H,8H2,1H3,(H,15,17)/t9-/m1/s1. The molecule has 0 saturated heterocycles. The van der Waals surface area contributed by atoms with E-state index in [9.17, 15) is 9.59 Å². The van der Waals surface area contributed by atoms with E-state index in [0.717, 1.165) is 4.88 Å². The number of carbonyl (C=O) groups is 2. The molecule has 2 heterocycles. The van der Waals surface area contributed by atoms with Crippen LogP contribution in [0.1, 0.15) is 33.5 Å². The van der Waals surface area contributed by atoms with E-state index >= 15 is 0 Å².